The standard InChI is InChI=1S/C23H29N7O2/c31-15-17-4-3-11-30(17)22-8-7-21(27-28-22)29-12-9-16(10-13-29)23(32)24-14-20-25-18-5-1-2-6-19(18)26-20/h1-2,5-8,16-17,31H,3-4,9-15H2,(H,24,32)(H,25,26). The summed E-state index contributed by atoms with van der Waals surface area (Å²) in [5.74, 6) is 2.52. The van der Waals surface area contributed by atoms with Crippen LogP contribution in [0.2, 0.25) is 0 Å². The number of hydrogen-bond donors (Lipinski definition) is 3. The number of imidazole rings is 1. The fourth-order valence-electron chi connectivity index (χ4n) is 4.74. The number of benzene rings is 1. The summed E-state index contributed by atoms with van der Waals surface area (Å²) in [6, 6.07) is 12.0. The second-order valence-electron chi connectivity index (χ2n) is 8.60. The minimum atomic E-state index is -0.00206. The lowest BCUT2D eigenvalue weighted by atomic mass is 9.96. The van der Waals surface area contributed by atoms with Crippen molar-refractivity contribution in [1.82, 2.24) is 25.5 Å². The van der Waals surface area contributed by atoms with Gasteiger partial charge < -0.3 is 25.2 Å². The van der Waals surface area contributed by atoms with Gasteiger partial charge in [0.25, 0.3) is 0 Å². The highest BCUT2D eigenvalue weighted by molar-refractivity contribution is 5.79. The molecule has 0 spiro atoms. The van der Waals surface area contributed by atoms with Crippen molar-refractivity contribution in [3.8, 4) is 0 Å². The van der Waals surface area contributed by atoms with Crippen molar-refractivity contribution >= 4 is 28.6 Å². The van der Waals surface area contributed by atoms with Crippen molar-refractivity contribution in [3.05, 3.63) is 42.2 Å². The van der Waals surface area contributed by atoms with Crippen LogP contribution in [0, 0.1) is 5.92 Å². The molecule has 2 aliphatic rings. The van der Waals surface area contributed by atoms with Crippen LogP contribution >= 0.6 is 0 Å². The van der Waals surface area contributed by atoms with Gasteiger partial charge in [-0.2, -0.15) is 0 Å². The molecule has 9 heteroatoms. The van der Waals surface area contributed by atoms with E-state index >= 15 is 0 Å². The third-order valence-electron chi connectivity index (χ3n) is 6.58. The average Bonchev–Trinajstić information content (AvgIpc) is 3.49. The molecule has 9 nitrogen and oxygen atoms in total. The van der Waals surface area contributed by atoms with E-state index < -0.39 is 0 Å². The number of aromatic nitrogens is 4. The molecule has 2 fully saturated rings. The molecule has 0 aliphatic carbocycles. The van der Waals surface area contributed by atoms with Crippen molar-refractivity contribution in [1.29, 1.82) is 0 Å². The molecule has 168 valence electrons. The molecule has 5 rings (SSSR count). The third kappa shape index (κ3) is 4.25. The van der Waals surface area contributed by atoms with Gasteiger partial charge in [0.05, 0.1) is 30.2 Å². The van der Waals surface area contributed by atoms with Crippen LogP contribution < -0.4 is 15.1 Å². The summed E-state index contributed by atoms with van der Waals surface area (Å²) in [5, 5.41) is 21.4. The summed E-state index contributed by atoms with van der Waals surface area (Å²) in [7, 11) is 0. The molecule has 4 heterocycles. The zero-order valence-corrected chi connectivity index (χ0v) is 18.1. The fraction of sp³-hybridized carbons (Fsp3) is 0.478. The number of nitrogens with one attached hydrogen (secondary N) is 2. The lowest BCUT2D eigenvalue weighted by molar-refractivity contribution is -0.125. The minimum Gasteiger partial charge on any atom is -0.394 e. The number of fused-ring (bicyclic) bond motifs is 1. The van der Waals surface area contributed by atoms with Crippen LogP contribution in [0.1, 0.15) is 31.5 Å². The molecule has 0 saturated carbocycles. The SMILES string of the molecule is O=C(NCc1nc2ccccc2[nH]1)C1CCN(c2ccc(N3CCCC3CO)nn2)CC1. The van der Waals surface area contributed by atoms with E-state index in [1.165, 1.54) is 0 Å². The van der Waals surface area contributed by atoms with Gasteiger partial charge in [-0.15, -0.1) is 10.2 Å². The van der Waals surface area contributed by atoms with Gasteiger partial charge >= 0.3 is 0 Å². The number of nitrogens with zero attached hydrogens (tertiary/aromatic N) is 5. The number of carbonyl (C=O) groups is 1. The van der Waals surface area contributed by atoms with Crippen molar-refractivity contribution in [2.24, 2.45) is 5.92 Å². The van der Waals surface area contributed by atoms with Gasteiger partial charge in [0.2, 0.25) is 5.91 Å². The topological polar surface area (TPSA) is 110 Å². The van der Waals surface area contributed by atoms with Gasteiger partial charge in [0.1, 0.15) is 5.82 Å². The Kier molecular flexibility index (Phi) is 5.89. The molecule has 3 N–H and O–H groups in total. The van der Waals surface area contributed by atoms with Crippen LogP contribution in [-0.4, -0.2) is 63.5 Å². The van der Waals surface area contributed by atoms with Gasteiger partial charge in [-0.05, 0) is 49.9 Å². The maximum Gasteiger partial charge on any atom is 0.223 e. The first-order chi connectivity index (χ1) is 15.7. The lowest BCUT2D eigenvalue weighted by Gasteiger charge is -2.32. The van der Waals surface area contributed by atoms with E-state index in [9.17, 15) is 9.90 Å². The Morgan fingerprint density at radius 3 is 2.59 bits per heavy atom. The molecule has 1 aromatic carbocycles. The van der Waals surface area contributed by atoms with Crippen LogP contribution in [0.5, 0.6) is 0 Å². The molecule has 1 amide bonds. The van der Waals surface area contributed by atoms with Crippen LogP contribution in [0.15, 0.2) is 36.4 Å². The number of rotatable bonds is 6. The smallest absolute Gasteiger partial charge is 0.223 e. The fourth-order valence-corrected chi connectivity index (χ4v) is 4.74. The largest absolute Gasteiger partial charge is 0.394 e. The highest BCUT2D eigenvalue weighted by Crippen LogP contribution is 2.26. The predicted molar refractivity (Wildman–Crippen MR) is 122 cm³/mol. The molecule has 0 radical (unpaired) electrons. The maximum absolute atomic E-state index is 12.7. The normalized spacial score (nSPS) is 19.6. The van der Waals surface area contributed by atoms with Crippen molar-refractivity contribution in [3.63, 3.8) is 0 Å². The monoisotopic (exact) mass is 435 g/mol. The Balaban J connectivity index is 1.12. The van der Waals surface area contributed by atoms with E-state index in [4.69, 9.17) is 0 Å². The van der Waals surface area contributed by atoms with Crippen molar-refractivity contribution < 1.29 is 9.90 Å². The van der Waals surface area contributed by atoms with E-state index in [0.717, 1.165) is 73.8 Å². The molecular weight excluding hydrogens is 406 g/mol. The van der Waals surface area contributed by atoms with E-state index in [2.05, 4.69) is 35.3 Å². The van der Waals surface area contributed by atoms with E-state index in [0.29, 0.717) is 6.54 Å². The van der Waals surface area contributed by atoms with E-state index in [1.54, 1.807) is 0 Å². The Morgan fingerprint density at radius 1 is 1.06 bits per heavy atom. The number of H-pyrrole nitrogens is 1. The number of aliphatic hydroxyl groups is 1. The zero-order chi connectivity index (χ0) is 21.9. The first-order valence-corrected chi connectivity index (χ1v) is 11.4. The number of aromatic amines is 1. The van der Waals surface area contributed by atoms with Crippen molar-refractivity contribution in [2.45, 2.75) is 38.3 Å². The van der Waals surface area contributed by atoms with Crippen LogP contribution in [0.25, 0.3) is 11.0 Å². The molecule has 2 aromatic heterocycles. The summed E-state index contributed by atoms with van der Waals surface area (Å²) >= 11 is 0. The first-order valence-electron chi connectivity index (χ1n) is 11.4. The summed E-state index contributed by atoms with van der Waals surface area (Å²) in [4.78, 5) is 24.7. The highest BCUT2D eigenvalue weighted by atomic mass is 16.3. The quantitative estimate of drug-likeness (QED) is 0.542. The zero-order valence-electron chi connectivity index (χ0n) is 18.1. The van der Waals surface area contributed by atoms with Crippen LogP contribution in [-0.2, 0) is 11.3 Å². The second kappa shape index (κ2) is 9.12. The Morgan fingerprint density at radius 2 is 1.84 bits per heavy atom. The summed E-state index contributed by atoms with van der Waals surface area (Å²) in [6.45, 7) is 3.02. The molecular formula is C23H29N7O2. The number of piperidine rings is 1. The van der Waals surface area contributed by atoms with Gasteiger partial charge in [0.15, 0.2) is 11.6 Å². The number of aliphatic hydroxyl groups excluding tert-OH is 1. The molecule has 0 bridgehead atoms. The molecule has 2 aliphatic heterocycles. The first kappa shape index (κ1) is 20.7. The Hall–Kier alpha value is -3.20. The maximum atomic E-state index is 12.7. The summed E-state index contributed by atoms with van der Waals surface area (Å²) < 4.78 is 0. The van der Waals surface area contributed by atoms with Gasteiger partial charge in [-0.3, -0.25) is 4.79 Å². The number of carbonyl (C=O) groups excluding carboxylic acids is 1. The summed E-state index contributed by atoms with van der Waals surface area (Å²) in [6.07, 6.45) is 3.63. The Labute approximate surface area is 186 Å². The minimum absolute atomic E-state index is 0.00206. The van der Waals surface area contributed by atoms with E-state index in [1.807, 2.05) is 36.4 Å². The van der Waals surface area contributed by atoms with Gasteiger partial charge in [0, 0.05) is 25.6 Å². The van der Waals surface area contributed by atoms with Gasteiger partial charge in [-0.1, -0.05) is 12.1 Å². The molecule has 3 aromatic rings. The Bertz CT molecular complexity index is 1030. The predicted octanol–water partition coefficient (Wildman–Crippen LogP) is 1.85. The lowest BCUT2D eigenvalue weighted by Crippen LogP contribution is -2.41. The number of amides is 1. The van der Waals surface area contributed by atoms with E-state index in [-0.39, 0.29) is 24.5 Å². The second-order valence-corrected chi connectivity index (χ2v) is 8.60. The highest BCUT2D eigenvalue weighted by Gasteiger charge is 2.27. The average molecular weight is 436 g/mol. The third-order valence-corrected chi connectivity index (χ3v) is 6.58. The summed E-state index contributed by atoms with van der Waals surface area (Å²) in [5.41, 5.74) is 1.89. The van der Waals surface area contributed by atoms with Gasteiger partial charge in [-0.25, -0.2) is 4.98 Å². The number of para-hydroxylation sites is 2. The van der Waals surface area contributed by atoms with Crippen LogP contribution in [0.3, 0.4) is 0 Å². The number of hydrogen-bond acceptors (Lipinski definition) is 7. The van der Waals surface area contributed by atoms with Crippen LogP contribution in [0.4, 0.5) is 11.6 Å². The molecule has 2 saturated heterocycles. The van der Waals surface area contributed by atoms with Crippen molar-refractivity contribution in [2.75, 3.05) is 36.0 Å². The molecule has 1 atom stereocenters. The number of anilines is 2. The molecule has 32 heavy (non-hydrogen) atoms. The molecule has 1 unspecified atom stereocenters.